The van der Waals surface area contributed by atoms with Gasteiger partial charge in [-0.05, 0) is 56.2 Å². The van der Waals surface area contributed by atoms with Crippen molar-refractivity contribution < 1.29 is 14.7 Å². The summed E-state index contributed by atoms with van der Waals surface area (Å²) in [6.45, 7) is 4.14. The van der Waals surface area contributed by atoms with E-state index in [9.17, 15) is 9.59 Å². The molecule has 0 bridgehead atoms. The van der Waals surface area contributed by atoms with E-state index in [0.29, 0.717) is 30.7 Å². The van der Waals surface area contributed by atoms with E-state index in [1.165, 1.54) is 0 Å². The van der Waals surface area contributed by atoms with Crippen LogP contribution in [-0.4, -0.2) is 17.0 Å². The zero-order valence-electron chi connectivity index (χ0n) is 14.3. The minimum Gasteiger partial charge on any atom is -0.481 e. The van der Waals surface area contributed by atoms with E-state index in [2.05, 4.69) is 19.2 Å². The Morgan fingerprint density at radius 2 is 1.58 bits per heavy atom. The smallest absolute Gasteiger partial charge is 0.306 e. The Balaban J connectivity index is 2.09. The molecular formula is C19H26ClNO3. The summed E-state index contributed by atoms with van der Waals surface area (Å²) in [7, 11) is 0. The van der Waals surface area contributed by atoms with Crippen molar-refractivity contribution in [1.82, 2.24) is 5.32 Å². The molecule has 0 aromatic heterocycles. The summed E-state index contributed by atoms with van der Waals surface area (Å²) in [5.74, 6) is -1.10. The van der Waals surface area contributed by atoms with Gasteiger partial charge in [0.05, 0.1) is 11.5 Å². The molecule has 132 valence electrons. The van der Waals surface area contributed by atoms with E-state index in [-0.39, 0.29) is 17.7 Å². The van der Waals surface area contributed by atoms with E-state index >= 15 is 0 Å². The number of benzene rings is 1. The van der Waals surface area contributed by atoms with E-state index in [4.69, 9.17) is 16.7 Å². The fourth-order valence-electron chi connectivity index (χ4n) is 3.62. The minimum absolute atomic E-state index is 0.0393. The zero-order valence-corrected chi connectivity index (χ0v) is 15.1. The highest BCUT2D eigenvalue weighted by atomic mass is 35.5. The van der Waals surface area contributed by atoms with Gasteiger partial charge >= 0.3 is 5.97 Å². The number of carboxylic acids is 1. The van der Waals surface area contributed by atoms with E-state index < -0.39 is 11.5 Å². The molecular weight excluding hydrogens is 326 g/mol. The lowest BCUT2D eigenvalue weighted by Crippen LogP contribution is -2.48. The first-order chi connectivity index (χ1) is 11.4. The average molecular weight is 352 g/mol. The van der Waals surface area contributed by atoms with Crippen molar-refractivity contribution in [2.24, 2.45) is 11.8 Å². The monoisotopic (exact) mass is 351 g/mol. The Hall–Kier alpha value is -1.55. The molecule has 0 unspecified atom stereocenters. The zero-order chi connectivity index (χ0) is 17.7. The van der Waals surface area contributed by atoms with Crippen molar-refractivity contribution in [2.45, 2.75) is 57.9 Å². The van der Waals surface area contributed by atoms with E-state index in [1.807, 2.05) is 24.3 Å². The third-order valence-corrected chi connectivity index (χ3v) is 5.67. The Labute approximate surface area is 148 Å². The second kappa shape index (κ2) is 8.02. The maximum Gasteiger partial charge on any atom is 0.306 e. The van der Waals surface area contributed by atoms with Crippen molar-refractivity contribution in [1.29, 1.82) is 0 Å². The number of aliphatic carboxylic acids is 1. The van der Waals surface area contributed by atoms with Gasteiger partial charge in [-0.15, -0.1) is 0 Å². The Morgan fingerprint density at radius 3 is 2.04 bits per heavy atom. The van der Waals surface area contributed by atoms with Gasteiger partial charge in [0.25, 0.3) is 0 Å². The lowest BCUT2D eigenvalue weighted by molar-refractivity contribution is -0.144. The summed E-state index contributed by atoms with van der Waals surface area (Å²) in [6, 6.07) is 7.64. The van der Waals surface area contributed by atoms with Gasteiger partial charge in [-0.3, -0.25) is 9.59 Å². The van der Waals surface area contributed by atoms with Gasteiger partial charge in [0, 0.05) is 10.9 Å². The fourth-order valence-corrected chi connectivity index (χ4v) is 3.74. The highest BCUT2D eigenvalue weighted by Gasteiger charge is 2.35. The molecule has 0 saturated heterocycles. The van der Waals surface area contributed by atoms with Crippen LogP contribution < -0.4 is 5.32 Å². The van der Waals surface area contributed by atoms with Crippen LogP contribution in [0.25, 0.3) is 0 Å². The van der Waals surface area contributed by atoms with E-state index in [0.717, 1.165) is 18.4 Å². The molecule has 1 amide bonds. The molecule has 0 heterocycles. The molecule has 24 heavy (non-hydrogen) atoms. The summed E-state index contributed by atoms with van der Waals surface area (Å²) in [4.78, 5) is 23.8. The third kappa shape index (κ3) is 4.10. The van der Waals surface area contributed by atoms with Crippen LogP contribution in [0.2, 0.25) is 5.02 Å². The predicted molar refractivity (Wildman–Crippen MR) is 94.9 cm³/mol. The predicted octanol–water partition coefficient (Wildman–Crippen LogP) is 4.36. The number of rotatable bonds is 6. The molecule has 1 aromatic carbocycles. The first kappa shape index (κ1) is 18.8. The Morgan fingerprint density at radius 1 is 1.08 bits per heavy atom. The largest absolute Gasteiger partial charge is 0.481 e. The van der Waals surface area contributed by atoms with Crippen LogP contribution in [0, 0.1) is 11.8 Å². The summed E-state index contributed by atoms with van der Waals surface area (Å²) in [6.07, 6.45) is 4.04. The molecule has 5 heteroatoms. The molecule has 1 fully saturated rings. The summed E-state index contributed by atoms with van der Waals surface area (Å²) < 4.78 is 0. The maximum absolute atomic E-state index is 12.8. The fraction of sp³-hybridized carbons (Fsp3) is 0.579. The maximum atomic E-state index is 12.8. The molecule has 1 aromatic rings. The standard InChI is InChI=1S/C19H26ClNO3/c1-3-19(4-2,15-9-11-16(20)12-10-15)21-17(22)13-5-7-14(8-6-13)18(23)24/h9-14H,3-8H2,1-2H3,(H,21,22)(H,23,24). The number of hydrogen-bond acceptors (Lipinski definition) is 2. The summed E-state index contributed by atoms with van der Waals surface area (Å²) in [5, 5.41) is 13.0. The minimum atomic E-state index is -0.744. The third-order valence-electron chi connectivity index (χ3n) is 5.41. The van der Waals surface area contributed by atoms with Gasteiger partial charge in [-0.25, -0.2) is 0 Å². The van der Waals surface area contributed by atoms with Gasteiger partial charge in [-0.1, -0.05) is 37.6 Å². The van der Waals surface area contributed by atoms with Crippen LogP contribution in [0.1, 0.15) is 57.9 Å². The number of carbonyl (C=O) groups is 2. The number of nitrogens with one attached hydrogen (secondary N) is 1. The van der Waals surface area contributed by atoms with Crippen molar-refractivity contribution in [2.75, 3.05) is 0 Å². The molecule has 1 aliphatic rings. The Bertz CT molecular complexity index is 573. The van der Waals surface area contributed by atoms with E-state index in [1.54, 1.807) is 0 Å². The van der Waals surface area contributed by atoms with Crippen LogP contribution in [0.4, 0.5) is 0 Å². The van der Waals surface area contributed by atoms with Gasteiger partial charge in [0.2, 0.25) is 5.91 Å². The summed E-state index contributed by atoms with van der Waals surface area (Å²) in [5.41, 5.74) is 0.662. The topological polar surface area (TPSA) is 66.4 Å². The van der Waals surface area contributed by atoms with Crippen molar-refractivity contribution in [3.8, 4) is 0 Å². The molecule has 2 rings (SSSR count). The van der Waals surface area contributed by atoms with Gasteiger partial charge in [-0.2, -0.15) is 0 Å². The van der Waals surface area contributed by atoms with Crippen LogP contribution in [0.3, 0.4) is 0 Å². The van der Waals surface area contributed by atoms with Crippen LogP contribution in [0.15, 0.2) is 24.3 Å². The Kier molecular flexibility index (Phi) is 6.27. The van der Waals surface area contributed by atoms with Gasteiger partial charge in [0.1, 0.15) is 0 Å². The molecule has 1 aliphatic carbocycles. The molecule has 0 aliphatic heterocycles. The second-order valence-electron chi connectivity index (χ2n) is 6.67. The summed E-state index contributed by atoms with van der Waals surface area (Å²) >= 11 is 5.98. The second-order valence-corrected chi connectivity index (χ2v) is 7.11. The quantitative estimate of drug-likeness (QED) is 0.800. The average Bonchev–Trinajstić information content (AvgIpc) is 2.60. The lowest BCUT2D eigenvalue weighted by Gasteiger charge is -2.36. The van der Waals surface area contributed by atoms with Crippen LogP contribution >= 0.6 is 11.6 Å². The normalized spacial score (nSPS) is 21.3. The molecule has 0 atom stereocenters. The van der Waals surface area contributed by atoms with Crippen LogP contribution in [0.5, 0.6) is 0 Å². The number of carbonyl (C=O) groups excluding carboxylic acids is 1. The van der Waals surface area contributed by atoms with Crippen molar-refractivity contribution in [3.63, 3.8) is 0 Å². The molecule has 1 saturated carbocycles. The number of carboxylic acid groups (broad SMARTS) is 1. The van der Waals surface area contributed by atoms with Crippen molar-refractivity contribution >= 4 is 23.5 Å². The molecule has 0 spiro atoms. The highest BCUT2D eigenvalue weighted by molar-refractivity contribution is 6.30. The first-order valence-corrected chi connectivity index (χ1v) is 9.10. The lowest BCUT2D eigenvalue weighted by atomic mass is 9.79. The number of hydrogen-bond donors (Lipinski definition) is 2. The van der Waals surface area contributed by atoms with Gasteiger partial charge < -0.3 is 10.4 Å². The highest BCUT2D eigenvalue weighted by Crippen LogP contribution is 2.33. The van der Waals surface area contributed by atoms with Gasteiger partial charge in [0.15, 0.2) is 0 Å². The number of amides is 1. The SMILES string of the molecule is CCC(CC)(NC(=O)C1CCC(C(=O)O)CC1)c1ccc(Cl)cc1. The molecule has 2 N–H and O–H groups in total. The molecule has 0 radical (unpaired) electrons. The number of halogens is 1. The first-order valence-electron chi connectivity index (χ1n) is 8.72. The van der Waals surface area contributed by atoms with Crippen molar-refractivity contribution in [3.05, 3.63) is 34.9 Å². The molecule has 4 nitrogen and oxygen atoms in total. The van der Waals surface area contributed by atoms with Crippen LogP contribution in [-0.2, 0) is 15.1 Å².